The van der Waals surface area contributed by atoms with Crippen molar-refractivity contribution in [3.63, 3.8) is 0 Å². The molecule has 14 heterocycles. The van der Waals surface area contributed by atoms with Crippen LogP contribution in [0.4, 0.5) is 39.8 Å². The average molecular weight is 1820 g/mol. The Labute approximate surface area is 811 Å². The monoisotopic (exact) mass is 1820 g/mol. The van der Waals surface area contributed by atoms with Crippen LogP contribution in [-0.2, 0) is 0 Å². The number of anilines is 7. The molecule has 0 N–H and O–H groups in total. The maximum absolute atomic E-state index is 4.76. The molecule has 0 saturated carbocycles. The quantitative estimate of drug-likeness (QED) is 0.130. The molecular formula is C120H113N19. The maximum atomic E-state index is 4.76. The summed E-state index contributed by atoms with van der Waals surface area (Å²) in [5.74, 6) is 0.944. The molecule has 19 nitrogen and oxygen atoms in total. The Balaban J connectivity index is 0.000000100. The summed E-state index contributed by atoms with van der Waals surface area (Å²) in [5, 5.41) is 12.4. The minimum atomic E-state index is 0.226. The van der Waals surface area contributed by atoms with Gasteiger partial charge in [-0.15, -0.1) is 0 Å². The lowest BCUT2D eigenvalue weighted by atomic mass is 10.1. The number of aryl methyl sites for hydroxylation is 5. The van der Waals surface area contributed by atoms with Gasteiger partial charge in [-0.25, -0.2) is 15.0 Å². The summed E-state index contributed by atoms with van der Waals surface area (Å²) in [6.45, 7) is 22.1. The zero-order valence-electron chi connectivity index (χ0n) is 81.3. The minimum Gasteiger partial charge on any atom is -0.359 e. The van der Waals surface area contributed by atoms with E-state index in [-0.39, 0.29) is 24.7 Å². The van der Waals surface area contributed by atoms with Gasteiger partial charge < -0.3 is 58.1 Å². The zero-order valence-corrected chi connectivity index (χ0v) is 81.3. The molecule has 0 fully saturated rings. The maximum Gasteiger partial charge on any atom is 0.145 e. The minimum absolute atomic E-state index is 0.226. The Morgan fingerprint density at radius 1 is 0.230 bits per heavy atom. The second kappa shape index (κ2) is 35.8. The average Bonchev–Trinajstić information content (AvgIpc) is 1.56. The van der Waals surface area contributed by atoms with Crippen LogP contribution in [0.3, 0.4) is 0 Å². The molecule has 5 atom stereocenters. The fourth-order valence-electron chi connectivity index (χ4n) is 21.3. The number of benzene rings is 12. The Bertz CT molecular complexity index is 7950. The second-order valence-electron chi connectivity index (χ2n) is 37.1. The van der Waals surface area contributed by atoms with Crippen LogP contribution >= 0.6 is 0 Å². The SMILES string of the molecule is Cc1cc2c3cccnc3n(-c3ccccc3)c2cc1N1C=CN(C)[C@@H]1C.Cc1ccc2c3ccccc3n(-c3ccccc3)c2c1N1c2ccccc2N(C)[C@@H]1C.Cc1ccc2c3ccccc3n(-c3ccccn3)c2c1N1C=CN(C)[C@@H]1C.Cc1ccc2c3cccnc3n(-c3ccccc3)c2c1N1C=CN(C)[C@@H]1C.Cc1ncc2c3ccccc3n(-c3ccccc3)c2c1N1C=CN(C)[C@@H]1C. The van der Waals surface area contributed by atoms with Gasteiger partial charge in [0.05, 0.1) is 84.0 Å². The van der Waals surface area contributed by atoms with E-state index in [0.29, 0.717) is 6.17 Å². The fraction of sp³-hybridized carbons (Fsp3) is 0.167. The van der Waals surface area contributed by atoms with Gasteiger partial charge in [-0.2, -0.15) is 0 Å². The predicted octanol–water partition coefficient (Wildman–Crippen LogP) is 27.3. The largest absolute Gasteiger partial charge is 0.359 e. The van der Waals surface area contributed by atoms with Gasteiger partial charge in [0, 0.05) is 192 Å². The third kappa shape index (κ3) is 14.8. The van der Waals surface area contributed by atoms with Crippen molar-refractivity contribution in [2.45, 2.75) is 100 Å². The molecule has 139 heavy (non-hydrogen) atoms. The van der Waals surface area contributed by atoms with E-state index in [0.717, 1.165) is 34.2 Å². The van der Waals surface area contributed by atoms with Crippen LogP contribution in [0.5, 0.6) is 0 Å². The van der Waals surface area contributed by atoms with Gasteiger partial charge in [-0.05, 0) is 219 Å². The highest BCUT2D eigenvalue weighted by Crippen LogP contribution is 2.51. The first-order chi connectivity index (χ1) is 67.8. The van der Waals surface area contributed by atoms with Gasteiger partial charge in [-0.1, -0.05) is 182 Å². The summed E-state index contributed by atoms with van der Waals surface area (Å²) in [5.41, 5.74) is 31.1. The van der Waals surface area contributed by atoms with Gasteiger partial charge in [0.1, 0.15) is 47.9 Å². The molecule has 0 aliphatic carbocycles. The fourth-order valence-corrected chi connectivity index (χ4v) is 21.3. The molecule has 0 saturated heterocycles. The molecule has 0 spiro atoms. The molecule has 12 aromatic carbocycles. The molecule has 0 amide bonds. The van der Waals surface area contributed by atoms with E-state index < -0.39 is 0 Å². The van der Waals surface area contributed by atoms with Crippen LogP contribution in [0.25, 0.3) is 138 Å². The summed E-state index contributed by atoms with van der Waals surface area (Å²) >= 11 is 0. The normalized spacial score (nSPS) is 16.6. The number of aromatic nitrogens is 9. The van der Waals surface area contributed by atoms with Gasteiger partial charge in [-0.3, -0.25) is 18.7 Å². The summed E-state index contributed by atoms with van der Waals surface area (Å²) in [4.78, 5) is 42.0. The van der Waals surface area contributed by atoms with Crippen LogP contribution in [0, 0.1) is 34.6 Å². The van der Waals surface area contributed by atoms with Crippen LogP contribution in [0.1, 0.15) is 62.6 Å². The first-order valence-corrected chi connectivity index (χ1v) is 48.0. The zero-order chi connectivity index (χ0) is 95.3. The summed E-state index contributed by atoms with van der Waals surface area (Å²) in [6.07, 6.45) is 26.1. The van der Waals surface area contributed by atoms with E-state index in [1.54, 1.807) is 0 Å². The third-order valence-electron chi connectivity index (χ3n) is 29.1. The third-order valence-corrected chi connectivity index (χ3v) is 29.1. The second-order valence-corrected chi connectivity index (χ2v) is 37.1. The van der Waals surface area contributed by atoms with Crippen molar-refractivity contribution in [1.82, 2.24) is 62.4 Å². The molecule has 5 aliphatic rings. The van der Waals surface area contributed by atoms with Gasteiger partial charge in [0.2, 0.25) is 0 Å². The van der Waals surface area contributed by atoms with E-state index in [9.17, 15) is 0 Å². The van der Waals surface area contributed by atoms with Crippen molar-refractivity contribution < 1.29 is 0 Å². The molecule has 0 bridgehead atoms. The predicted molar refractivity (Wildman–Crippen MR) is 581 cm³/mol. The molecule has 0 radical (unpaired) electrons. The highest BCUT2D eigenvalue weighted by Gasteiger charge is 2.37. The van der Waals surface area contributed by atoms with E-state index in [1.807, 2.05) is 55.1 Å². The van der Waals surface area contributed by atoms with E-state index >= 15 is 0 Å². The first-order valence-electron chi connectivity index (χ1n) is 48.0. The molecule has 26 rings (SSSR count). The smallest absolute Gasteiger partial charge is 0.145 e. The van der Waals surface area contributed by atoms with E-state index in [2.05, 4.69) is 510 Å². The number of hydrogen-bond acceptors (Lipinski definition) is 14. The number of pyridine rings is 4. The number of para-hydroxylation sites is 9. The Kier molecular flexibility index (Phi) is 22.5. The summed E-state index contributed by atoms with van der Waals surface area (Å²) < 4.78 is 11.7. The van der Waals surface area contributed by atoms with Crippen molar-refractivity contribution in [3.8, 4) is 28.6 Å². The highest BCUT2D eigenvalue weighted by atomic mass is 15.4. The van der Waals surface area contributed by atoms with Gasteiger partial charge in [0.15, 0.2) is 0 Å². The lowest BCUT2D eigenvalue weighted by Crippen LogP contribution is -2.36. The topological polar surface area (TPSA) is 109 Å². The Hall–Kier alpha value is -16.8. The van der Waals surface area contributed by atoms with Gasteiger partial charge in [0.25, 0.3) is 0 Å². The van der Waals surface area contributed by atoms with Crippen molar-refractivity contribution in [1.29, 1.82) is 0 Å². The lowest BCUT2D eigenvalue weighted by molar-refractivity contribution is 0.383. The van der Waals surface area contributed by atoms with Crippen molar-refractivity contribution in [3.05, 3.63) is 412 Å². The molecule has 9 aromatic heterocycles. The van der Waals surface area contributed by atoms with Crippen LogP contribution in [0.15, 0.2) is 384 Å². The molecule has 21 aromatic rings. The van der Waals surface area contributed by atoms with Crippen LogP contribution < -0.4 is 29.4 Å². The van der Waals surface area contributed by atoms with Crippen molar-refractivity contribution in [2.75, 3.05) is 64.6 Å². The Morgan fingerprint density at radius 3 is 1.08 bits per heavy atom. The molecule has 5 aliphatic heterocycles. The molecule has 0 unspecified atom stereocenters. The lowest BCUT2D eigenvalue weighted by Gasteiger charge is -2.30. The van der Waals surface area contributed by atoms with E-state index in [1.165, 1.54) is 171 Å². The highest BCUT2D eigenvalue weighted by molar-refractivity contribution is 6.18. The van der Waals surface area contributed by atoms with Crippen molar-refractivity contribution in [2.24, 2.45) is 0 Å². The van der Waals surface area contributed by atoms with E-state index in [4.69, 9.17) is 15.0 Å². The number of hydrogen-bond donors (Lipinski definition) is 0. The Morgan fingerprint density at radius 2 is 0.597 bits per heavy atom. The number of fused-ring (bicyclic) bond motifs is 16. The molecule has 19 heteroatoms. The first kappa shape index (κ1) is 87.5. The molecule has 688 valence electrons. The van der Waals surface area contributed by atoms with Gasteiger partial charge >= 0.3 is 0 Å². The summed E-state index contributed by atoms with van der Waals surface area (Å²) in [7, 11) is 10.6. The summed E-state index contributed by atoms with van der Waals surface area (Å²) in [6, 6.07) is 109. The van der Waals surface area contributed by atoms with Crippen LogP contribution in [0.2, 0.25) is 0 Å². The van der Waals surface area contributed by atoms with Crippen LogP contribution in [-0.4, -0.2) is 128 Å². The van der Waals surface area contributed by atoms with Crippen molar-refractivity contribution >= 4 is 149 Å². The molecular weight excluding hydrogens is 1710 g/mol. The number of rotatable bonds is 10. The number of nitrogens with zero attached hydrogens (tertiary/aromatic N) is 19. The standard InChI is InChI=1S/C28H25N3.4C23H22N4/c1-19-17-18-23-22-13-7-8-14-24(22)31(21-11-5-4-6-12-21)28(23)27(19)30-20(2)29(3)25-15-9-10-16-26(25)30;1-16-11-12-19-18-8-4-5-9-20(18)27(21-10-6-7-13-24-21)23(19)22(16)26-15-14-25(3)17(26)2;1-16-22(26-14-13-25(3)17(26)2)23-20(15-24-16)19-11-7-8-12-21(19)27(23)18-9-5-4-6-10-18;1-16-11-12-19-20-10-7-13-24-23(20)27(18-8-5-4-6-9-18)22(19)21(16)26-15-14-25(3)17(26)2;1-16-14-20-19-10-7-11-24-23(19)27(18-8-5-4-6-9-18)22(20)15-21(16)26-13-12-25(3)17(26)2/h4-18,20H,1-3H3;4*4-15,17H,1-3H3/t20-;4*17-/m00000/s1.